The number of hydrogen-bond acceptors (Lipinski definition) is 5. The summed E-state index contributed by atoms with van der Waals surface area (Å²) in [5, 5.41) is 12.1. The third kappa shape index (κ3) is 2.92. The first kappa shape index (κ1) is 16.5. The van der Waals surface area contributed by atoms with E-state index >= 15 is 0 Å². The van der Waals surface area contributed by atoms with Gasteiger partial charge in [0.1, 0.15) is 12.0 Å². The van der Waals surface area contributed by atoms with E-state index < -0.39 is 6.10 Å². The molecule has 1 N–H and O–H groups in total. The van der Waals surface area contributed by atoms with E-state index in [0.29, 0.717) is 18.3 Å². The molecular weight excluding hydrogens is 316 g/mol. The molecule has 132 valence electrons. The number of rotatable bonds is 5. The van der Waals surface area contributed by atoms with E-state index in [1.54, 1.807) is 13.3 Å². The van der Waals surface area contributed by atoms with Gasteiger partial charge in [-0.25, -0.2) is 0 Å². The first-order chi connectivity index (χ1) is 12.2. The Morgan fingerprint density at radius 2 is 2.32 bits per heavy atom. The van der Waals surface area contributed by atoms with Crippen molar-refractivity contribution < 1.29 is 14.6 Å². The number of carbonyl (C=O) groups is 1. The van der Waals surface area contributed by atoms with Crippen molar-refractivity contribution in [2.24, 2.45) is 11.8 Å². The van der Waals surface area contributed by atoms with Crippen LogP contribution >= 0.6 is 0 Å². The highest BCUT2D eigenvalue weighted by molar-refractivity contribution is 5.83. The Morgan fingerprint density at radius 1 is 1.44 bits per heavy atom. The maximum Gasteiger partial charge on any atom is 0.120 e. The van der Waals surface area contributed by atoms with Gasteiger partial charge >= 0.3 is 0 Å². The number of aliphatic hydroxyl groups is 1. The number of aldehydes is 1. The van der Waals surface area contributed by atoms with E-state index in [1.807, 2.05) is 24.3 Å². The third-order valence-corrected chi connectivity index (χ3v) is 6.00. The molecule has 1 unspecified atom stereocenters. The highest BCUT2D eigenvalue weighted by Crippen LogP contribution is 2.42. The molecule has 1 aromatic heterocycles. The summed E-state index contributed by atoms with van der Waals surface area (Å²) in [5.74, 6) is 1.76. The van der Waals surface area contributed by atoms with Crippen molar-refractivity contribution in [2.75, 3.05) is 20.2 Å². The smallest absolute Gasteiger partial charge is 0.120 e. The lowest BCUT2D eigenvalue weighted by molar-refractivity contribution is -0.112. The van der Waals surface area contributed by atoms with E-state index in [-0.39, 0.29) is 6.04 Å². The monoisotopic (exact) mass is 340 g/mol. The van der Waals surface area contributed by atoms with Gasteiger partial charge in [0.25, 0.3) is 0 Å². The molecule has 2 bridgehead atoms. The zero-order valence-corrected chi connectivity index (χ0v) is 14.5. The van der Waals surface area contributed by atoms with Crippen LogP contribution in [0.3, 0.4) is 0 Å². The minimum Gasteiger partial charge on any atom is -0.497 e. The van der Waals surface area contributed by atoms with Crippen molar-refractivity contribution in [3.05, 3.63) is 36.0 Å². The van der Waals surface area contributed by atoms with Crippen molar-refractivity contribution in [3.8, 4) is 5.75 Å². The number of pyridine rings is 1. The molecule has 0 saturated carbocycles. The molecule has 3 aliphatic rings. The van der Waals surface area contributed by atoms with E-state index in [1.165, 1.54) is 0 Å². The van der Waals surface area contributed by atoms with Gasteiger partial charge in [0.2, 0.25) is 0 Å². The molecule has 2 aromatic rings. The average Bonchev–Trinajstić information content (AvgIpc) is 2.67. The molecule has 4 heterocycles. The van der Waals surface area contributed by atoms with Crippen LogP contribution in [-0.2, 0) is 4.79 Å². The van der Waals surface area contributed by atoms with Gasteiger partial charge in [-0.15, -0.1) is 0 Å². The fraction of sp³-hybridized carbons (Fsp3) is 0.500. The van der Waals surface area contributed by atoms with E-state index in [9.17, 15) is 9.90 Å². The molecule has 5 nitrogen and oxygen atoms in total. The van der Waals surface area contributed by atoms with Gasteiger partial charge in [-0.05, 0) is 61.1 Å². The lowest BCUT2D eigenvalue weighted by atomic mass is 9.72. The Morgan fingerprint density at radius 3 is 3.04 bits per heavy atom. The van der Waals surface area contributed by atoms with Gasteiger partial charge in [0.15, 0.2) is 0 Å². The number of hydrogen-bond donors (Lipinski definition) is 1. The van der Waals surface area contributed by atoms with Crippen LogP contribution in [0.25, 0.3) is 10.9 Å². The van der Waals surface area contributed by atoms with Crippen LogP contribution in [0.15, 0.2) is 30.5 Å². The first-order valence-electron chi connectivity index (χ1n) is 8.99. The van der Waals surface area contributed by atoms with Gasteiger partial charge in [-0.3, -0.25) is 9.88 Å². The zero-order valence-electron chi connectivity index (χ0n) is 14.5. The molecule has 3 fully saturated rings. The first-order valence-corrected chi connectivity index (χ1v) is 8.99. The maximum absolute atomic E-state index is 11.2. The highest BCUT2D eigenvalue weighted by Gasteiger charge is 2.43. The normalized spacial score (nSPS) is 29.5. The molecule has 25 heavy (non-hydrogen) atoms. The maximum atomic E-state index is 11.2. The van der Waals surface area contributed by atoms with Crippen LogP contribution in [0.4, 0.5) is 0 Å². The fourth-order valence-electron chi connectivity index (χ4n) is 4.64. The van der Waals surface area contributed by atoms with Crippen LogP contribution in [0.1, 0.15) is 30.9 Å². The van der Waals surface area contributed by atoms with Crippen molar-refractivity contribution in [3.63, 3.8) is 0 Å². The summed E-state index contributed by atoms with van der Waals surface area (Å²) in [6.45, 7) is 1.92. The van der Waals surface area contributed by atoms with Crippen LogP contribution in [0.2, 0.25) is 0 Å². The summed E-state index contributed by atoms with van der Waals surface area (Å²) in [7, 11) is 1.65. The topological polar surface area (TPSA) is 62.7 Å². The second-order valence-electron chi connectivity index (χ2n) is 7.24. The lowest BCUT2D eigenvalue weighted by Crippen LogP contribution is -2.55. The Labute approximate surface area is 147 Å². The molecule has 5 rings (SSSR count). The second-order valence-corrected chi connectivity index (χ2v) is 7.24. The Balaban J connectivity index is 1.64. The molecule has 0 aliphatic carbocycles. The van der Waals surface area contributed by atoms with E-state index in [0.717, 1.165) is 54.4 Å². The van der Waals surface area contributed by atoms with Crippen LogP contribution in [0, 0.1) is 11.8 Å². The summed E-state index contributed by atoms with van der Waals surface area (Å²) in [6.07, 6.45) is 4.97. The van der Waals surface area contributed by atoms with Gasteiger partial charge in [-0.2, -0.15) is 0 Å². The fourth-order valence-corrected chi connectivity index (χ4v) is 4.64. The van der Waals surface area contributed by atoms with Crippen molar-refractivity contribution in [1.82, 2.24) is 9.88 Å². The zero-order chi connectivity index (χ0) is 17.4. The number of aromatic nitrogens is 1. The summed E-state index contributed by atoms with van der Waals surface area (Å²) >= 11 is 0. The largest absolute Gasteiger partial charge is 0.497 e. The van der Waals surface area contributed by atoms with Crippen molar-refractivity contribution >= 4 is 17.2 Å². The Hall–Kier alpha value is -1.98. The van der Waals surface area contributed by atoms with Gasteiger partial charge in [0, 0.05) is 30.6 Å². The number of methoxy groups -OCH3 is 1. The van der Waals surface area contributed by atoms with Crippen molar-refractivity contribution in [1.29, 1.82) is 0 Å². The number of benzene rings is 1. The number of nitrogens with zero attached hydrogens (tertiary/aromatic N) is 2. The third-order valence-electron chi connectivity index (χ3n) is 6.00. The summed E-state index contributed by atoms with van der Waals surface area (Å²) in [5.41, 5.74) is 1.78. The molecule has 1 aromatic carbocycles. The molecule has 5 atom stereocenters. The number of piperidine rings is 3. The average molecular weight is 340 g/mol. The SMILES string of the molecule is COc1ccc2nccc([C@H](O)[C@H]3C[C@@H]4CCN3C[C@@H]4CC=O)c2c1. The highest BCUT2D eigenvalue weighted by atomic mass is 16.5. The molecular formula is C20H24N2O3. The van der Waals surface area contributed by atoms with E-state index in [2.05, 4.69) is 9.88 Å². The minimum atomic E-state index is -0.558. The minimum absolute atomic E-state index is 0.110. The lowest BCUT2D eigenvalue weighted by Gasteiger charge is -2.51. The van der Waals surface area contributed by atoms with Crippen molar-refractivity contribution in [2.45, 2.75) is 31.4 Å². The summed E-state index contributed by atoms with van der Waals surface area (Å²) < 4.78 is 5.34. The summed E-state index contributed by atoms with van der Waals surface area (Å²) in [6, 6.07) is 7.79. The Kier molecular flexibility index (Phi) is 4.44. The number of fused-ring (bicyclic) bond motifs is 4. The molecule has 0 radical (unpaired) electrons. The second kappa shape index (κ2) is 6.73. The number of aliphatic hydroxyl groups excluding tert-OH is 1. The Bertz CT molecular complexity index is 779. The predicted octanol–water partition coefficient (Wildman–Crippen LogP) is 2.58. The van der Waals surface area contributed by atoms with Gasteiger partial charge in [0.05, 0.1) is 18.7 Å². The van der Waals surface area contributed by atoms with Crippen LogP contribution in [0.5, 0.6) is 5.75 Å². The standard InChI is InChI=1S/C20H24N2O3/c1-25-15-2-3-18-17(11-15)16(4-7-21-18)20(24)19-10-13-5-8-22(19)12-14(13)6-9-23/h2-4,7,9,11,13-14,19-20,24H,5-6,8,10,12H2,1H3/t13-,14-,19+,20-/m0/s1. The molecule has 0 amide bonds. The van der Waals surface area contributed by atoms with Gasteiger partial charge in [-0.1, -0.05) is 0 Å². The molecule has 0 spiro atoms. The molecule has 5 heteroatoms. The predicted molar refractivity (Wildman–Crippen MR) is 95.5 cm³/mol. The quantitative estimate of drug-likeness (QED) is 0.848. The van der Waals surface area contributed by atoms with Crippen LogP contribution in [-0.4, -0.2) is 47.5 Å². The molecule has 3 saturated heterocycles. The number of carbonyl (C=O) groups excluding carboxylic acids is 1. The summed E-state index contributed by atoms with van der Waals surface area (Å²) in [4.78, 5) is 17.7. The number of ether oxygens (including phenoxy) is 1. The van der Waals surface area contributed by atoms with Gasteiger partial charge < -0.3 is 14.6 Å². The molecule has 3 aliphatic heterocycles. The van der Waals surface area contributed by atoms with E-state index in [4.69, 9.17) is 4.74 Å². The van der Waals surface area contributed by atoms with Crippen LogP contribution < -0.4 is 4.74 Å².